The van der Waals surface area contributed by atoms with Gasteiger partial charge in [-0.25, -0.2) is 0 Å². The van der Waals surface area contributed by atoms with Gasteiger partial charge in [-0.2, -0.15) is 0 Å². The van der Waals surface area contributed by atoms with E-state index < -0.39 is 0 Å². The van der Waals surface area contributed by atoms with E-state index in [4.69, 9.17) is 5.73 Å². The summed E-state index contributed by atoms with van der Waals surface area (Å²) in [6, 6.07) is 1.67. The normalized spacial score (nSPS) is 30.6. The Kier molecular flexibility index (Phi) is 6.28. The quantitative estimate of drug-likeness (QED) is 0.810. The Morgan fingerprint density at radius 1 is 1.10 bits per heavy atom. The fraction of sp³-hybridized carbons (Fsp3) is 1.00. The largest absolute Gasteiger partial charge is 0.318 e. The standard InChI is InChI=1S/C18H39N3/c1-10-14(6)16-15(7)20(11-19)17(21(16)13(4)5)18(8,9)12(2)3/h12-17H,10-11,19H2,1-9H3. The first-order valence-corrected chi connectivity index (χ1v) is 8.84. The van der Waals surface area contributed by atoms with Crippen LogP contribution in [0.1, 0.15) is 68.7 Å². The van der Waals surface area contributed by atoms with Crippen molar-refractivity contribution in [3.8, 4) is 0 Å². The predicted octanol–water partition coefficient (Wildman–Crippen LogP) is 3.74. The van der Waals surface area contributed by atoms with Crippen molar-refractivity contribution < 1.29 is 0 Å². The van der Waals surface area contributed by atoms with Gasteiger partial charge in [0.05, 0.1) is 6.17 Å². The van der Waals surface area contributed by atoms with Crippen molar-refractivity contribution in [2.75, 3.05) is 6.67 Å². The van der Waals surface area contributed by atoms with E-state index in [0.29, 0.717) is 42.8 Å². The zero-order chi connectivity index (χ0) is 16.5. The molecule has 3 nitrogen and oxygen atoms in total. The molecule has 0 aliphatic carbocycles. The summed E-state index contributed by atoms with van der Waals surface area (Å²) < 4.78 is 0. The molecule has 1 aliphatic heterocycles. The summed E-state index contributed by atoms with van der Waals surface area (Å²) in [4.78, 5) is 5.29. The molecule has 21 heavy (non-hydrogen) atoms. The topological polar surface area (TPSA) is 32.5 Å². The first-order chi connectivity index (χ1) is 9.61. The van der Waals surface area contributed by atoms with Crippen molar-refractivity contribution in [3.63, 3.8) is 0 Å². The molecule has 0 bridgehead atoms. The van der Waals surface area contributed by atoms with Gasteiger partial charge in [-0.3, -0.25) is 9.80 Å². The first kappa shape index (κ1) is 18.9. The van der Waals surface area contributed by atoms with Crippen LogP contribution < -0.4 is 5.73 Å². The summed E-state index contributed by atoms with van der Waals surface area (Å²) in [5, 5.41) is 0. The van der Waals surface area contributed by atoms with Crippen LogP contribution in [-0.4, -0.2) is 40.8 Å². The maximum atomic E-state index is 6.18. The van der Waals surface area contributed by atoms with Crippen molar-refractivity contribution in [2.45, 2.75) is 93.0 Å². The first-order valence-electron chi connectivity index (χ1n) is 8.84. The Bertz CT molecular complexity index is 324. The Balaban J connectivity index is 3.30. The summed E-state index contributed by atoms with van der Waals surface area (Å²) in [6.45, 7) is 21.9. The molecule has 0 aromatic heterocycles. The average molecular weight is 298 g/mol. The van der Waals surface area contributed by atoms with Gasteiger partial charge < -0.3 is 5.73 Å². The smallest absolute Gasteiger partial charge is 0.0696 e. The second-order valence-electron chi connectivity index (χ2n) is 8.20. The molecule has 4 unspecified atom stereocenters. The lowest BCUT2D eigenvalue weighted by molar-refractivity contribution is -0.0307. The van der Waals surface area contributed by atoms with Crippen molar-refractivity contribution >= 4 is 0 Å². The Labute approximate surface area is 133 Å². The zero-order valence-electron chi connectivity index (χ0n) is 15.9. The molecule has 1 saturated heterocycles. The van der Waals surface area contributed by atoms with E-state index >= 15 is 0 Å². The van der Waals surface area contributed by atoms with Gasteiger partial charge in [-0.15, -0.1) is 0 Å². The molecule has 1 heterocycles. The van der Waals surface area contributed by atoms with Crippen molar-refractivity contribution in [2.24, 2.45) is 23.0 Å². The number of rotatable bonds is 6. The minimum absolute atomic E-state index is 0.222. The molecule has 1 fully saturated rings. The second-order valence-corrected chi connectivity index (χ2v) is 8.20. The molecule has 0 radical (unpaired) electrons. The fourth-order valence-electron chi connectivity index (χ4n) is 4.02. The van der Waals surface area contributed by atoms with E-state index in [1.807, 2.05) is 0 Å². The Hall–Kier alpha value is -0.120. The van der Waals surface area contributed by atoms with Crippen LogP contribution in [0.25, 0.3) is 0 Å². The highest BCUT2D eigenvalue weighted by Crippen LogP contribution is 2.44. The molecule has 0 amide bonds. The molecule has 1 aliphatic rings. The van der Waals surface area contributed by atoms with Crippen LogP contribution in [0.3, 0.4) is 0 Å². The van der Waals surface area contributed by atoms with Crippen molar-refractivity contribution in [1.82, 2.24) is 9.80 Å². The van der Waals surface area contributed by atoms with E-state index in [2.05, 4.69) is 72.1 Å². The van der Waals surface area contributed by atoms with Crippen LogP contribution >= 0.6 is 0 Å². The van der Waals surface area contributed by atoms with Gasteiger partial charge >= 0.3 is 0 Å². The predicted molar refractivity (Wildman–Crippen MR) is 93.0 cm³/mol. The summed E-state index contributed by atoms with van der Waals surface area (Å²) in [5.74, 6) is 1.32. The van der Waals surface area contributed by atoms with Crippen LogP contribution in [0.5, 0.6) is 0 Å². The minimum atomic E-state index is 0.222. The van der Waals surface area contributed by atoms with Crippen LogP contribution in [0.15, 0.2) is 0 Å². The molecule has 0 aromatic carbocycles. The zero-order valence-corrected chi connectivity index (χ0v) is 15.9. The highest BCUT2D eigenvalue weighted by molar-refractivity contribution is 5.04. The van der Waals surface area contributed by atoms with Gasteiger partial charge in [0.1, 0.15) is 0 Å². The van der Waals surface area contributed by atoms with E-state index in [-0.39, 0.29) is 5.41 Å². The molecule has 2 N–H and O–H groups in total. The van der Waals surface area contributed by atoms with Gasteiger partial charge in [0, 0.05) is 24.8 Å². The third-order valence-electron chi connectivity index (χ3n) is 6.15. The third-order valence-corrected chi connectivity index (χ3v) is 6.15. The van der Waals surface area contributed by atoms with E-state index in [1.54, 1.807) is 0 Å². The molecular formula is C18H39N3. The van der Waals surface area contributed by atoms with Gasteiger partial charge in [-0.1, -0.05) is 48.0 Å². The van der Waals surface area contributed by atoms with Crippen LogP contribution in [0.2, 0.25) is 0 Å². The molecular weight excluding hydrogens is 258 g/mol. The summed E-state index contributed by atoms with van der Waals surface area (Å²) in [5.41, 5.74) is 6.40. The molecule has 0 saturated carbocycles. The average Bonchev–Trinajstić information content (AvgIpc) is 2.71. The monoisotopic (exact) mass is 297 g/mol. The van der Waals surface area contributed by atoms with Crippen LogP contribution in [0, 0.1) is 17.3 Å². The summed E-state index contributed by atoms with van der Waals surface area (Å²) in [6.07, 6.45) is 1.65. The maximum Gasteiger partial charge on any atom is 0.0696 e. The molecule has 126 valence electrons. The maximum absolute atomic E-state index is 6.18. The van der Waals surface area contributed by atoms with Crippen LogP contribution in [0.4, 0.5) is 0 Å². The van der Waals surface area contributed by atoms with Crippen molar-refractivity contribution in [3.05, 3.63) is 0 Å². The fourth-order valence-corrected chi connectivity index (χ4v) is 4.02. The highest BCUT2D eigenvalue weighted by atomic mass is 15.5. The Morgan fingerprint density at radius 2 is 1.62 bits per heavy atom. The lowest BCUT2D eigenvalue weighted by Crippen LogP contribution is -2.56. The van der Waals surface area contributed by atoms with E-state index in [9.17, 15) is 0 Å². The van der Waals surface area contributed by atoms with Crippen LogP contribution in [-0.2, 0) is 0 Å². The number of nitrogens with two attached hydrogens (primary N) is 1. The number of hydrogen-bond donors (Lipinski definition) is 1. The summed E-state index contributed by atoms with van der Waals surface area (Å²) in [7, 11) is 0. The van der Waals surface area contributed by atoms with Crippen molar-refractivity contribution in [1.29, 1.82) is 0 Å². The molecule has 4 atom stereocenters. The number of hydrogen-bond acceptors (Lipinski definition) is 3. The number of nitrogens with zero attached hydrogens (tertiary/aromatic N) is 2. The molecule has 0 spiro atoms. The van der Waals surface area contributed by atoms with Gasteiger partial charge in [-0.05, 0) is 38.0 Å². The third kappa shape index (κ3) is 3.30. The van der Waals surface area contributed by atoms with E-state index in [1.165, 1.54) is 6.42 Å². The second kappa shape index (κ2) is 6.97. The SMILES string of the molecule is CCC(C)C1C(C)N(CN)C(C(C)(C)C(C)C)N1C(C)C. The molecule has 0 aromatic rings. The minimum Gasteiger partial charge on any atom is -0.318 e. The van der Waals surface area contributed by atoms with E-state index in [0.717, 1.165) is 0 Å². The molecule has 3 heteroatoms. The Morgan fingerprint density at radius 3 is 1.95 bits per heavy atom. The van der Waals surface area contributed by atoms with Gasteiger partial charge in [0.25, 0.3) is 0 Å². The molecule has 1 rings (SSSR count). The lowest BCUT2D eigenvalue weighted by Gasteiger charge is -2.47. The lowest BCUT2D eigenvalue weighted by atomic mass is 9.77. The van der Waals surface area contributed by atoms with Gasteiger partial charge in [0.2, 0.25) is 0 Å². The highest BCUT2D eigenvalue weighted by Gasteiger charge is 2.53. The summed E-state index contributed by atoms with van der Waals surface area (Å²) >= 11 is 0. The van der Waals surface area contributed by atoms with Gasteiger partial charge in [0.15, 0.2) is 0 Å².